The van der Waals surface area contributed by atoms with E-state index in [9.17, 15) is 4.79 Å². The second-order valence-corrected chi connectivity index (χ2v) is 7.78. The predicted octanol–water partition coefficient (Wildman–Crippen LogP) is 3.41. The third-order valence-electron chi connectivity index (χ3n) is 3.31. The van der Waals surface area contributed by atoms with E-state index >= 15 is 0 Å². The van der Waals surface area contributed by atoms with Gasteiger partial charge in [-0.1, -0.05) is 39.5 Å². The van der Waals surface area contributed by atoms with E-state index in [1.165, 1.54) is 5.69 Å². The van der Waals surface area contributed by atoms with Gasteiger partial charge in [-0.05, 0) is 32.6 Å². The number of hydrogen-bond donors (Lipinski definition) is 1. The summed E-state index contributed by atoms with van der Waals surface area (Å²) in [6.07, 6.45) is 0. The number of amides is 1. The summed E-state index contributed by atoms with van der Waals surface area (Å²) in [7, 11) is 0. The monoisotopic (exact) mass is 311 g/mol. The van der Waals surface area contributed by atoms with Gasteiger partial charge in [-0.25, -0.2) is 4.98 Å². The van der Waals surface area contributed by atoms with Crippen molar-refractivity contribution in [1.82, 2.24) is 14.9 Å². The topological polar surface area (TPSA) is 46.9 Å². The van der Waals surface area contributed by atoms with Gasteiger partial charge in [0.2, 0.25) is 5.91 Å². The Balaban J connectivity index is 2.77. The molecule has 1 unspecified atom stereocenters. The van der Waals surface area contributed by atoms with Crippen LogP contribution in [-0.4, -0.2) is 27.3 Å². The van der Waals surface area contributed by atoms with E-state index in [1.54, 1.807) is 11.8 Å². The highest BCUT2D eigenvalue weighted by Gasteiger charge is 2.20. The van der Waals surface area contributed by atoms with Crippen molar-refractivity contribution in [2.45, 2.75) is 65.4 Å². The Morgan fingerprint density at radius 3 is 2.33 bits per heavy atom. The molecule has 0 aliphatic rings. The van der Waals surface area contributed by atoms with E-state index in [2.05, 4.69) is 49.5 Å². The molecule has 0 fully saturated rings. The molecule has 21 heavy (non-hydrogen) atoms. The molecule has 1 rings (SSSR count). The van der Waals surface area contributed by atoms with E-state index in [1.807, 2.05) is 13.8 Å². The van der Waals surface area contributed by atoms with Crippen LogP contribution in [0.3, 0.4) is 0 Å². The minimum Gasteiger partial charge on any atom is -0.355 e. The smallest absolute Gasteiger partial charge is 0.233 e. The largest absolute Gasteiger partial charge is 0.355 e. The van der Waals surface area contributed by atoms with Crippen molar-refractivity contribution in [3.63, 3.8) is 0 Å². The Bertz CT molecular complexity index is 480. The van der Waals surface area contributed by atoms with Gasteiger partial charge in [-0.15, -0.1) is 0 Å². The molecule has 1 aromatic heterocycles. The van der Waals surface area contributed by atoms with Crippen molar-refractivity contribution in [2.24, 2.45) is 11.8 Å². The molecule has 0 aliphatic heterocycles. The standard InChI is InChI=1S/C16H29N3OS/c1-10(2)8-17-15(20)14(7)21-16-18-12(5)13(6)19(16)9-11(3)4/h10-11,14H,8-9H2,1-7H3,(H,17,20). The molecule has 1 heterocycles. The first-order valence-electron chi connectivity index (χ1n) is 7.70. The zero-order valence-electron chi connectivity index (χ0n) is 14.4. The molecular weight excluding hydrogens is 282 g/mol. The second-order valence-electron chi connectivity index (χ2n) is 6.47. The van der Waals surface area contributed by atoms with Crippen LogP contribution in [0.5, 0.6) is 0 Å². The third kappa shape index (κ3) is 5.38. The fourth-order valence-electron chi connectivity index (χ4n) is 1.95. The van der Waals surface area contributed by atoms with Crippen LogP contribution >= 0.6 is 11.8 Å². The molecule has 0 bridgehead atoms. The van der Waals surface area contributed by atoms with Crippen LogP contribution in [0.15, 0.2) is 5.16 Å². The Morgan fingerprint density at radius 2 is 1.81 bits per heavy atom. The number of thioether (sulfide) groups is 1. The van der Waals surface area contributed by atoms with Gasteiger partial charge in [-0.3, -0.25) is 4.79 Å². The van der Waals surface area contributed by atoms with Gasteiger partial charge in [0, 0.05) is 18.8 Å². The van der Waals surface area contributed by atoms with Crippen LogP contribution in [0.25, 0.3) is 0 Å². The Morgan fingerprint density at radius 1 is 1.19 bits per heavy atom. The number of rotatable bonds is 7. The second kappa shape index (κ2) is 7.87. The lowest BCUT2D eigenvalue weighted by molar-refractivity contribution is -0.120. The number of aromatic nitrogens is 2. The minimum atomic E-state index is -0.129. The van der Waals surface area contributed by atoms with Gasteiger partial charge >= 0.3 is 0 Å². The van der Waals surface area contributed by atoms with E-state index in [-0.39, 0.29) is 11.2 Å². The van der Waals surface area contributed by atoms with Gasteiger partial charge in [0.25, 0.3) is 0 Å². The zero-order valence-corrected chi connectivity index (χ0v) is 15.2. The molecule has 0 aromatic carbocycles. The molecule has 0 saturated heterocycles. The molecule has 1 aromatic rings. The highest BCUT2D eigenvalue weighted by molar-refractivity contribution is 8.00. The number of aryl methyl sites for hydroxylation is 1. The van der Waals surface area contributed by atoms with Crippen LogP contribution in [0.4, 0.5) is 0 Å². The van der Waals surface area contributed by atoms with Crippen LogP contribution in [0, 0.1) is 25.7 Å². The number of nitrogens with one attached hydrogen (secondary N) is 1. The maximum absolute atomic E-state index is 12.1. The number of imidazole rings is 1. The van der Waals surface area contributed by atoms with Crippen molar-refractivity contribution in [3.8, 4) is 0 Å². The first kappa shape index (κ1) is 18.1. The van der Waals surface area contributed by atoms with Gasteiger partial charge in [0.05, 0.1) is 10.9 Å². The lowest BCUT2D eigenvalue weighted by Gasteiger charge is -2.16. The van der Waals surface area contributed by atoms with E-state index in [0.717, 1.165) is 23.9 Å². The Hall–Kier alpha value is -0.970. The summed E-state index contributed by atoms with van der Waals surface area (Å²) in [5.74, 6) is 1.11. The zero-order chi connectivity index (χ0) is 16.2. The summed E-state index contributed by atoms with van der Waals surface area (Å²) in [5.41, 5.74) is 2.24. The SMILES string of the molecule is Cc1nc(SC(C)C(=O)NCC(C)C)n(CC(C)C)c1C. The molecular formula is C16H29N3OS. The lowest BCUT2D eigenvalue weighted by Crippen LogP contribution is -2.33. The molecule has 1 atom stereocenters. The van der Waals surface area contributed by atoms with Crippen molar-refractivity contribution < 1.29 is 4.79 Å². The number of nitrogens with zero attached hydrogens (tertiary/aromatic N) is 2. The number of carbonyl (C=O) groups is 1. The Kier molecular flexibility index (Phi) is 6.78. The molecule has 1 amide bonds. The van der Waals surface area contributed by atoms with E-state index in [4.69, 9.17) is 0 Å². The molecule has 0 radical (unpaired) electrons. The number of carbonyl (C=O) groups excluding carboxylic acids is 1. The summed E-state index contributed by atoms with van der Waals surface area (Å²) < 4.78 is 2.23. The van der Waals surface area contributed by atoms with Crippen molar-refractivity contribution >= 4 is 17.7 Å². The van der Waals surface area contributed by atoms with Gasteiger partial charge in [-0.2, -0.15) is 0 Å². The first-order valence-corrected chi connectivity index (χ1v) is 8.58. The molecule has 120 valence electrons. The van der Waals surface area contributed by atoms with Crippen LogP contribution < -0.4 is 5.32 Å². The van der Waals surface area contributed by atoms with Crippen molar-refractivity contribution in [2.75, 3.05) is 6.54 Å². The number of hydrogen-bond acceptors (Lipinski definition) is 3. The summed E-state index contributed by atoms with van der Waals surface area (Å²) in [6, 6.07) is 0. The molecule has 0 aliphatic carbocycles. The Labute approximate surface area is 133 Å². The molecule has 4 nitrogen and oxygen atoms in total. The average Bonchev–Trinajstić information content (AvgIpc) is 2.63. The molecule has 5 heteroatoms. The normalized spacial score (nSPS) is 13.0. The molecule has 0 spiro atoms. The summed E-state index contributed by atoms with van der Waals surface area (Å²) in [6.45, 7) is 16.3. The van der Waals surface area contributed by atoms with Crippen molar-refractivity contribution in [3.05, 3.63) is 11.4 Å². The maximum Gasteiger partial charge on any atom is 0.233 e. The summed E-state index contributed by atoms with van der Waals surface area (Å²) >= 11 is 1.55. The lowest BCUT2D eigenvalue weighted by atomic mass is 10.2. The van der Waals surface area contributed by atoms with Crippen molar-refractivity contribution in [1.29, 1.82) is 0 Å². The van der Waals surface area contributed by atoms with Gasteiger partial charge < -0.3 is 9.88 Å². The summed E-state index contributed by atoms with van der Waals surface area (Å²) in [5, 5.41) is 3.81. The van der Waals surface area contributed by atoms with E-state index < -0.39 is 0 Å². The molecule has 1 N–H and O–H groups in total. The third-order valence-corrected chi connectivity index (χ3v) is 4.40. The minimum absolute atomic E-state index is 0.0862. The van der Waals surface area contributed by atoms with Crippen LogP contribution in [0.2, 0.25) is 0 Å². The maximum atomic E-state index is 12.1. The average molecular weight is 311 g/mol. The fraction of sp³-hybridized carbons (Fsp3) is 0.750. The van der Waals surface area contributed by atoms with E-state index in [0.29, 0.717) is 11.8 Å². The van der Waals surface area contributed by atoms with Crippen LogP contribution in [-0.2, 0) is 11.3 Å². The van der Waals surface area contributed by atoms with Gasteiger partial charge in [0.15, 0.2) is 5.16 Å². The van der Waals surface area contributed by atoms with Crippen LogP contribution in [0.1, 0.15) is 46.0 Å². The first-order chi connectivity index (χ1) is 9.72. The highest BCUT2D eigenvalue weighted by Crippen LogP contribution is 2.26. The molecule has 0 saturated carbocycles. The van der Waals surface area contributed by atoms with Gasteiger partial charge in [0.1, 0.15) is 0 Å². The fourth-order valence-corrected chi connectivity index (χ4v) is 2.99. The summed E-state index contributed by atoms with van der Waals surface area (Å²) in [4.78, 5) is 16.7. The highest BCUT2D eigenvalue weighted by atomic mass is 32.2. The predicted molar refractivity (Wildman–Crippen MR) is 89.7 cm³/mol. The quantitative estimate of drug-likeness (QED) is 0.785.